The molecule has 0 aromatic carbocycles. The molecule has 1 fully saturated rings. The first kappa shape index (κ1) is 10.5. The van der Waals surface area contributed by atoms with Gasteiger partial charge in [-0.15, -0.1) is 0 Å². The number of likely N-dealkylation sites (N-methyl/N-ethyl adjacent to an activating group) is 1. The third kappa shape index (κ3) is 2.44. The maximum atomic E-state index is 10.9. The van der Waals surface area contributed by atoms with Crippen LogP contribution >= 0.6 is 0 Å². The highest BCUT2D eigenvalue weighted by molar-refractivity contribution is 6.61. The van der Waals surface area contributed by atoms with Gasteiger partial charge in [0.2, 0.25) is 0 Å². The number of nitrogens with zero attached hydrogens (tertiary/aromatic N) is 2. The van der Waals surface area contributed by atoms with Crippen LogP contribution in [-0.4, -0.2) is 37.2 Å². The van der Waals surface area contributed by atoms with Crippen molar-refractivity contribution in [2.45, 2.75) is 6.42 Å². The minimum Gasteiger partial charge on any atom is -0.510 e. The first-order chi connectivity index (χ1) is 6.65. The van der Waals surface area contributed by atoms with E-state index in [1.807, 2.05) is 6.07 Å². The summed E-state index contributed by atoms with van der Waals surface area (Å²) in [6, 6.07) is 1.93. The van der Waals surface area contributed by atoms with Gasteiger partial charge in [-0.3, -0.25) is 9.61 Å². The summed E-state index contributed by atoms with van der Waals surface area (Å²) in [6.07, 6.45) is 1.86. The Balaban J connectivity index is 2.58. The van der Waals surface area contributed by atoms with Gasteiger partial charge < -0.3 is 4.65 Å². The summed E-state index contributed by atoms with van der Waals surface area (Å²) < 4.78 is 4.80. The summed E-state index contributed by atoms with van der Waals surface area (Å²) in [6.45, 7) is 0.0559. The fourth-order valence-electron chi connectivity index (χ4n) is 1.07. The Kier molecular flexibility index (Phi) is 3.43. The maximum Gasteiger partial charge on any atom is 0.480 e. The van der Waals surface area contributed by atoms with E-state index < -0.39 is 18.8 Å². The number of ketones is 1. The van der Waals surface area contributed by atoms with Crippen LogP contribution in [0.2, 0.25) is 0 Å². The molecule has 0 saturated carbocycles. The number of carbonyl (C=O) groups is 2. The molecule has 1 aliphatic rings. The van der Waals surface area contributed by atoms with Gasteiger partial charge in [-0.1, -0.05) is 12.1 Å². The van der Waals surface area contributed by atoms with E-state index in [2.05, 4.69) is 0 Å². The van der Waals surface area contributed by atoms with Gasteiger partial charge in [0.05, 0.1) is 19.0 Å². The summed E-state index contributed by atoms with van der Waals surface area (Å²) in [5, 5.41) is 8.28. The van der Waals surface area contributed by atoms with Gasteiger partial charge in [-0.05, 0) is 7.05 Å². The van der Waals surface area contributed by atoms with Gasteiger partial charge in [0.15, 0.2) is 0 Å². The molecule has 0 radical (unpaired) electrons. The van der Waals surface area contributed by atoms with Crippen LogP contribution in [0.15, 0.2) is 12.1 Å². The zero-order valence-corrected chi connectivity index (χ0v) is 7.77. The van der Waals surface area contributed by atoms with Crippen molar-refractivity contribution in [3.05, 3.63) is 12.1 Å². The summed E-state index contributed by atoms with van der Waals surface area (Å²) in [4.78, 5) is 23.4. The van der Waals surface area contributed by atoms with E-state index in [4.69, 9.17) is 9.92 Å². The monoisotopic (exact) mass is 192 g/mol. The molecule has 0 atom stereocenters. The normalized spacial score (nSPS) is 18.4. The Morgan fingerprint density at radius 1 is 1.71 bits per heavy atom. The highest BCUT2D eigenvalue weighted by Gasteiger charge is 2.34. The Bertz CT molecular complexity index is 321. The van der Waals surface area contributed by atoms with Crippen molar-refractivity contribution in [2.75, 3.05) is 13.6 Å². The first-order valence-electron chi connectivity index (χ1n) is 4.13. The molecular formula is C8H9BN2O3. The van der Waals surface area contributed by atoms with E-state index in [0.29, 0.717) is 0 Å². The fourth-order valence-corrected chi connectivity index (χ4v) is 1.07. The average Bonchev–Trinajstić information content (AvgIpc) is 2.14. The number of carbonyl (C=O) groups excluding carboxylic acids is 2. The second kappa shape index (κ2) is 4.58. The van der Waals surface area contributed by atoms with Crippen molar-refractivity contribution in [3.63, 3.8) is 0 Å². The van der Waals surface area contributed by atoms with Crippen LogP contribution in [-0.2, 0) is 14.2 Å². The van der Waals surface area contributed by atoms with E-state index in [1.54, 1.807) is 23.9 Å². The molecule has 14 heavy (non-hydrogen) atoms. The van der Waals surface area contributed by atoms with Crippen LogP contribution < -0.4 is 0 Å². The first-order valence-corrected chi connectivity index (χ1v) is 4.13. The van der Waals surface area contributed by atoms with Crippen LogP contribution in [0.5, 0.6) is 0 Å². The zero-order chi connectivity index (χ0) is 10.6. The number of nitriles is 1. The van der Waals surface area contributed by atoms with Crippen LogP contribution in [0.4, 0.5) is 0 Å². The molecule has 0 aromatic rings. The molecule has 0 N–H and O–H groups in total. The molecule has 1 saturated heterocycles. The van der Waals surface area contributed by atoms with E-state index in [9.17, 15) is 9.59 Å². The van der Waals surface area contributed by atoms with E-state index in [-0.39, 0.29) is 13.0 Å². The van der Waals surface area contributed by atoms with Gasteiger partial charge in [-0.25, -0.2) is 4.79 Å². The number of hydrogen-bond acceptors (Lipinski definition) is 5. The second-order valence-electron chi connectivity index (χ2n) is 2.92. The van der Waals surface area contributed by atoms with Gasteiger partial charge in [0.25, 0.3) is 5.78 Å². The molecule has 72 valence electrons. The molecule has 0 amide bonds. The third-order valence-corrected chi connectivity index (χ3v) is 1.79. The SMILES string of the molecule is CN1CC(=O)C(=O)OB1/C=C/CC#N. The molecule has 0 aromatic heterocycles. The molecule has 0 aliphatic carbocycles. The van der Waals surface area contributed by atoms with Crippen molar-refractivity contribution in [1.82, 2.24) is 4.81 Å². The molecule has 1 rings (SSSR count). The van der Waals surface area contributed by atoms with Crippen molar-refractivity contribution >= 4 is 18.8 Å². The molecule has 5 nitrogen and oxygen atoms in total. The molecule has 6 heteroatoms. The lowest BCUT2D eigenvalue weighted by molar-refractivity contribution is -0.149. The van der Waals surface area contributed by atoms with Gasteiger partial charge in [0.1, 0.15) is 0 Å². The Labute approximate surface area is 82.1 Å². The largest absolute Gasteiger partial charge is 0.510 e. The lowest BCUT2D eigenvalue weighted by Crippen LogP contribution is -2.50. The Morgan fingerprint density at radius 3 is 3.07 bits per heavy atom. The Morgan fingerprint density at radius 2 is 2.43 bits per heavy atom. The fraction of sp³-hybridized carbons (Fsp3) is 0.375. The van der Waals surface area contributed by atoms with E-state index >= 15 is 0 Å². The van der Waals surface area contributed by atoms with E-state index in [1.165, 1.54) is 0 Å². The predicted octanol–water partition coefficient (Wildman–Crippen LogP) is -0.459. The van der Waals surface area contributed by atoms with Gasteiger partial charge in [-0.2, -0.15) is 5.26 Å². The third-order valence-electron chi connectivity index (χ3n) is 1.79. The van der Waals surface area contributed by atoms with Crippen LogP contribution in [0.1, 0.15) is 6.42 Å². The summed E-state index contributed by atoms with van der Waals surface area (Å²) in [7, 11) is 1.14. The molecule has 0 spiro atoms. The van der Waals surface area contributed by atoms with Crippen molar-refractivity contribution in [2.24, 2.45) is 0 Å². The standard InChI is InChI=1S/C8H9BN2O3/c1-11-6-7(12)8(13)14-9(11)4-2-3-5-10/h2,4H,3,6H2,1H3/b4-2+. The number of Topliss-reactive ketones (excluding diaryl/α,β-unsaturated/α-hetero) is 1. The second-order valence-corrected chi connectivity index (χ2v) is 2.92. The lowest BCUT2D eigenvalue weighted by Gasteiger charge is -2.25. The smallest absolute Gasteiger partial charge is 0.480 e. The Hall–Kier alpha value is -1.61. The molecular weight excluding hydrogens is 183 g/mol. The summed E-state index contributed by atoms with van der Waals surface area (Å²) in [5.74, 6) is 0.236. The average molecular weight is 192 g/mol. The van der Waals surface area contributed by atoms with Crippen molar-refractivity contribution in [1.29, 1.82) is 5.26 Å². The number of hydrogen-bond donors (Lipinski definition) is 0. The topological polar surface area (TPSA) is 70.4 Å². The highest BCUT2D eigenvalue weighted by Crippen LogP contribution is 2.04. The summed E-state index contributed by atoms with van der Waals surface area (Å²) in [5.41, 5.74) is 0. The maximum absolute atomic E-state index is 10.9. The van der Waals surface area contributed by atoms with Crippen LogP contribution in [0, 0.1) is 11.3 Å². The van der Waals surface area contributed by atoms with Gasteiger partial charge >= 0.3 is 13.0 Å². The lowest BCUT2D eigenvalue weighted by atomic mass is 9.78. The van der Waals surface area contributed by atoms with Gasteiger partial charge in [0, 0.05) is 0 Å². The number of allylic oxidation sites excluding steroid dienone is 1. The molecule has 0 bridgehead atoms. The molecule has 0 unspecified atom stereocenters. The molecule has 1 aliphatic heterocycles. The minimum absolute atomic E-state index is 0.0559. The van der Waals surface area contributed by atoms with Crippen LogP contribution in [0.3, 0.4) is 0 Å². The minimum atomic E-state index is -0.810. The van der Waals surface area contributed by atoms with Crippen molar-refractivity contribution < 1.29 is 14.2 Å². The molecule has 1 heterocycles. The van der Waals surface area contributed by atoms with E-state index in [0.717, 1.165) is 0 Å². The quantitative estimate of drug-likeness (QED) is 0.437. The van der Waals surface area contributed by atoms with Crippen LogP contribution in [0.25, 0.3) is 0 Å². The van der Waals surface area contributed by atoms with Crippen molar-refractivity contribution in [3.8, 4) is 6.07 Å². The zero-order valence-electron chi connectivity index (χ0n) is 7.77. The highest BCUT2D eigenvalue weighted by atomic mass is 16.5. The summed E-state index contributed by atoms with van der Waals surface area (Å²) >= 11 is 0. The number of rotatable bonds is 2. The predicted molar refractivity (Wildman–Crippen MR) is 48.9 cm³/mol.